The van der Waals surface area contributed by atoms with Crippen LogP contribution in [0, 0.1) is 0 Å². The molecule has 1 aromatic heterocycles. The third-order valence-corrected chi connectivity index (χ3v) is 3.65. The zero-order chi connectivity index (χ0) is 13.9. The van der Waals surface area contributed by atoms with E-state index in [4.69, 9.17) is 4.42 Å². The molecule has 20 heavy (non-hydrogen) atoms. The first-order valence-corrected chi connectivity index (χ1v) is 6.98. The number of hydrogen-bond acceptors (Lipinski definition) is 3. The smallest absolute Gasteiger partial charge is 0.261 e. The molecule has 4 heteroatoms. The Kier molecular flexibility index (Phi) is 3.56. The van der Waals surface area contributed by atoms with Gasteiger partial charge in [-0.15, -0.1) is 0 Å². The van der Waals surface area contributed by atoms with Crippen molar-refractivity contribution in [3.8, 4) is 0 Å². The van der Waals surface area contributed by atoms with Crippen LogP contribution < -0.4 is 10.2 Å². The molecule has 0 unspecified atom stereocenters. The molecule has 2 heterocycles. The van der Waals surface area contributed by atoms with Crippen molar-refractivity contribution in [1.82, 2.24) is 5.32 Å². The Morgan fingerprint density at radius 3 is 3.05 bits per heavy atom. The number of para-hydroxylation sites is 1. The fourth-order valence-electron chi connectivity index (χ4n) is 2.62. The van der Waals surface area contributed by atoms with Crippen molar-refractivity contribution in [2.24, 2.45) is 0 Å². The second kappa shape index (κ2) is 5.51. The fourth-order valence-corrected chi connectivity index (χ4v) is 2.62. The molecular formula is C16H18N2O2. The quantitative estimate of drug-likeness (QED) is 0.912. The van der Waals surface area contributed by atoms with E-state index >= 15 is 0 Å². The summed E-state index contributed by atoms with van der Waals surface area (Å²) in [4.78, 5) is 14.6. The van der Waals surface area contributed by atoms with Gasteiger partial charge in [0, 0.05) is 31.7 Å². The van der Waals surface area contributed by atoms with E-state index in [1.807, 2.05) is 30.0 Å². The number of fused-ring (bicyclic) bond motifs is 1. The van der Waals surface area contributed by atoms with E-state index in [9.17, 15) is 4.79 Å². The van der Waals surface area contributed by atoms with Crippen LogP contribution in [0.2, 0.25) is 0 Å². The fraction of sp³-hybridized carbons (Fsp3) is 0.312. The predicted octanol–water partition coefficient (Wildman–Crippen LogP) is 2.59. The summed E-state index contributed by atoms with van der Waals surface area (Å²) in [6, 6.07) is 9.81. The molecule has 1 aliphatic rings. The van der Waals surface area contributed by atoms with Gasteiger partial charge in [0.05, 0.1) is 11.8 Å². The van der Waals surface area contributed by atoms with E-state index in [1.54, 1.807) is 12.3 Å². The van der Waals surface area contributed by atoms with Crippen LogP contribution in [-0.2, 0) is 13.0 Å². The first-order valence-electron chi connectivity index (χ1n) is 6.98. The third-order valence-electron chi connectivity index (χ3n) is 3.65. The molecule has 4 nitrogen and oxygen atoms in total. The summed E-state index contributed by atoms with van der Waals surface area (Å²) < 4.78 is 5.38. The number of hydrogen-bond donors (Lipinski definition) is 1. The number of aryl methyl sites for hydroxylation is 1. The van der Waals surface area contributed by atoms with Gasteiger partial charge in [-0.25, -0.2) is 0 Å². The Labute approximate surface area is 118 Å². The number of nitrogens with one attached hydrogen (secondary N) is 1. The summed E-state index contributed by atoms with van der Waals surface area (Å²) in [5.74, 6) is 0.774. The van der Waals surface area contributed by atoms with Crippen LogP contribution in [0.4, 0.5) is 5.69 Å². The van der Waals surface area contributed by atoms with E-state index in [2.05, 4.69) is 11.4 Å². The lowest BCUT2D eigenvalue weighted by molar-refractivity contribution is 0.0985. The van der Waals surface area contributed by atoms with Crippen LogP contribution in [0.1, 0.15) is 28.6 Å². The molecule has 1 N–H and O–H groups in total. The summed E-state index contributed by atoms with van der Waals surface area (Å²) in [5.41, 5.74) is 2.81. The average Bonchev–Trinajstić information content (AvgIpc) is 2.86. The molecule has 0 spiro atoms. The molecular weight excluding hydrogens is 252 g/mol. The summed E-state index contributed by atoms with van der Waals surface area (Å²) in [7, 11) is 0. The SMILES string of the molecule is CCc1occc1C(=O)N1CCNCc2ccccc21. The van der Waals surface area contributed by atoms with Gasteiger partial charge in [-0.05, 0) is 17.7 Å². The second-order valence-electron chi connectivity index (χ2n) is 4.87. The standard InChI is InChI=1S/C16H18N2O2/c1-2-15-13(7-10-20-15)16(19)18-9-8-17-11-12-5-3-4-6-14(12)18/h3-7,10,17H,2,8-9,11H2,1H3. The number of benzene rings is 1. The zero-order valence-corrected chi connectivity index (χ0v) is 11.6. The number of anilines is 1. The number of carbonyl (C=O) groups excluding carboxylic acids is 1. The number of nitrogens with zero attached hydrogens (tertiary/aromatic N) is 1. The summed E-state index contributed by atoms with van der Waals surface area (Å²) in [6.45, 7) is 4.25. The van der Waals surface area contributed by atoms with Crippen LogP contribution in [0.25, 0.3) is 0 Å². The molecule has 104 valence electrons. The van der Waals surface area contributed by atoms with Gasteiger partial charge in [-0.1, -0.05) is 25.1 Å². The Morgan fingerprint density at radius 2 is 2.20 bits per heavy atom. The highest BCUT2D eigenvalue weighted by molar-refractivity contribution is 6.07. The van der Waals surface area contributed by atoms with E-state index in [0.717, 1.165) is 36.5 Å². The van der Waals surface area contributed by atoms with Crippen molar-refractivity contribution < 1.29 is 9.21 Å². The van der Waals surface area contributed by atoms with Crippen molar-refractivity contribution in [2.45, 2.75) is 19.9 Å². The summed E-state index contributed by atoms with van der Waals surface area (Å²) >= 11 is 0. The first kappa shape index (κ1) is 12.9. The monoisotopic (exact) mass is 270 g/mol. The largest absolute Gasteiger partial charge is 0.469 e. The van der Waals surface area contributed by atoms with Crippen LogP contribution in [-0.4, -0.2) is 19.0 Å². The topological polar surface area (TPSA) is 45.5 Å². The molecule has 0 fully saturated rings. The highest BCUT2D eigenvalue weighted by atomic mass is 16.3. The van der Waals surface area contributed by atoms with Gasteiger partial charge in [0.15, 0.2) is 0 Å². The van der Waals surface area contributed by atoms with Gasteiger partial charge >= 0.3 is 0 Å². The van der Waals surface area contributed by atoms with Gasteiger partial charge in [-0.2, -0.15) is 0 Å². The molecule has 0 aliphatic carbocycles. The van der Waals surface area contributed by atoms with Crippen LogP contribution >= 0.6 is 0 Å². The Bertz CT molecular complexity index is 618. The number of carbonyl (C=O) groups is 1. The summed E-state index contributed by atoms with van der Waals surface area (Å²) in [6.07, 6.45) is 2.32. The second-order valence-corrected chi connectivity index (χ2v) is 4.87. The molecule has 1 aromatic carbocycles. The van der Waals surface area contributed by atoms with Crippen LogP contribution in [0.15, 0.2) is 41.0 Å². The lowest BCUT2D eigenvalue weighted by Gasteiger charge is -2.22. The van der Waals surface area contributed by atoms with Crippen LogP contribution in [0.3, 0.4) is 0 Å². The van der Waals surface area contributed by atoms with Gasteiger partial charge in [-0.3, -0.25) is 4.79 Å². The Balaban J connectivity index is 1.99. The number of furan rings is 1. The van der Waals surface area contributed by atoms with Crippen molar-refractivity contribution in [1.29, 1.82) is 0 Å². The molecule has 0 saturated heterocycles. The van der Waals surface area contributed by atoms with Crippen molar-refractivity contribution in [3.05, 3.63) is 53.5 Å². The minimum Gasteiger partial charge on any atom is -0.469 e. The van der Waals surface area contributed by atoms with Gasteiger partial charge in [0.25, 0.3) is 5.91 Å². The molecule has 2 aromatic rings. The maximum Gasteiger partial charge on any atom is 0.261 e. The van der Waals surface area contributed by atoms with Gasteiger partial charge in [0.2, 0.25) is 0 Å². The maximum absolute atomic E-state index is 12.8. The molecule has 0 saturated carbocycles. The van der Waals surface area contributed by atoms with E-state index in [1.165, 1.54) is 0 Å². The Morgan fingerprint density at radius 1 is 1.35 bits per heavy atom. The first-order chi connectivity index (χ1) is 9.81. The maximum atomic E-state index is 12.8. The molecule has 1 aliphatic heterocycles. The highest BCUT2D eigenvalue weighted by Gasteiger charge is 2.24. The molecule has 3 rings (SSSR count). The highest BCUT2D eigenvalue weighted by Crippen LogP contribution is 2.25. The third kappa shape index (κ3) is 2.23. The normalized spacial score (nSPS) is 14.8. The minimum absolute atomic E-state index is 0.0201. The number of rotatable bonds is 2. The molecule has 0 bridgehead atoms. The van der Waals surface area contributed by atoms with Crippen molar-refractivity contribution >= 4 is 11.6 Å². The zero-order valence-electron chi connectivity index (χ0n) is 11.6. The van der Waals surface area contributed by atoms with E-state index < -0.39 is 0 Å². The number of amides is 1. The van der Waals surface area contributed by atoms with Crippen molar-refractivity contribution in [3.63, 3.8) is 0 Å². The van der Waals surface area contributed by atoms with Gasteiger partial charge in [0.1, 0.15) is 5.76 Å². The van der Waals surface area contributed by atoms with Crippen molar-refractivity contribution in [2.75, 3.05) is 18.0 Å². The van der Waals surface area contributed by atoms with Crippen LogP contribution in [0.5, 0.6) is 0 Å². The Hall–Kier alpha value is -2.07. The van der Waals surface area contributed by atoms with E-state index in [0.29, 0.717) is 12.1 Å². The average molecular weight is 270 g/mol. The minimum atomic E-state index is 0.0201. The molecule has 1 amide bonds. The predicted molar refractivity (Wildman–Crippen MR) is 77.9 cm³/mol. The van der Waals surface area contributed by atoms with Gasteiger partial charge < -0.3 is 14.6 Å². The molecule has 0 radical (unpaired) electrons. The van der Waals surface area contributed by atoms with E-state index in [-0.39, 0.29) is 5.91 Å². The summed E-state index contributed by atoms with van der Waals surface area (Å²) in [5, 5.41) is 3.34. The lowest BCUT2D eigenvalue weighted by atomic mass is 10.1. The molecule has 0 atom stereocenters. The lowest BCUT2D eigenvalue weighted by Crippen LogP contribution is -2.35.